The van der Waals surface area contributed by atoms with Crippen LogP contribution in [0.15, 0.2) is 6.33 Å². The van der Waals surface area contributed by atoms with Crippen molar-refractivity contribution in [2.45, 2.75) is 30.6 Å². The van der Waals surface area contributed by atoms with Crippen molar-refractivity contribution in [3.63, 3.8) is 0 Å². The van der Waals surface area contributed by atoms with E-state index in [9.17, 15) is 10.1 Å². The highest BCUT2D eigenvalue weighted by Crippen LogP contribution is 2.34. The molecule has 19 heavy (non-hydrogen) atoms. The highest BCUT2D eigenvalue weighted by atomic mass is 32.2. The van der Waals surface area contributed by atoms with Crippen LogP contribution in [-0.4, -0.2) is 39.5 Å². The lowest BCUT2D eigenvalue weighted by molar-refractivity contribution is -0.383. The molecule has 1 aromatic rings. The van der Waals surface area contributed by atoms with E-state index in [1.54, 1.807) is 18.8 Å². The fraction of sp³-hybridized carbons (Fsp3) is 0.636. The summed E-state index contributed by atoms with van der Waals surface area (Å²) in [4.78, 5) is 18.6. The molecule has 1 aromatic heterocycles. The molecule has 0 radical (unpaired) electrons. The second-order valence-corrected chi connectivity index (χ2v) is 5.46. The maximum absolute atomic E-state index is 11.2. The Hall–Kier alpha value is -1.57. The van der Waals surface area contributed by atoms with Gasteiger partial charge >= 0.3 is 5.69 Å². The summed E-state index contributed by atoms with van der Waals surface area (Å²) in [5.41, 5.74) is -0.0863. The summed E-state index contributed by atoms with van der Waals surface area (Å²) in [6.45, 7) is 0. The third-order valence-corrected chi connectivity index (χ3v) is 4.49. The van der Waals surface area contributed by atoms with E-state index < -0.39 is 4.92 Å². The molecule has 1 aliphatic carbocycles. The standard InChI is InChI=1S/C11H17N5O2S/c1-12-10-9(16(17)18)11(14-6-13-10)15-7-4-3-5-8(7)19-2/h6-8H,3-5H2,1-2H3,(H2,12,13,14,15). The molecular weight excluding hydrogens is 266 g/mol. The van der Waals surface area contributed by atoms with Crippen molar-refractivity contribution < 1.29 is 4.92 Å². The van der Waals surface area contributed by atoms with Gasteiger partial charge in [0.05, 0.1) is 4.92 Å². The fourth-order valence-corrected chi connectivity index (χ4v) is 3.32. The molecule has 0 aromatic carbocycles. The van der Waals surface area contributed by atoms with Gasteiger partial charge < -0.3 is 10.6 Å². The van der Waals surface area contributed by atoms with Crippen LogP contribution < -0.4 is 10.6 Å². The number of nitrogens with zero attached hydrogens (tertiary/aromatic N) is 3. The first-order valence-corrected chi connectivity index (χ1v) is 7.42. The zero-order chi connectivity index (χ0) is 13.8. The molecule has 2 N–H and O–H groups in total. The molecule has 1 aliphatic rings. The van der Waals surface area contributed by atoms with Crippen LogP contribution in [0, 0.1) is 10.1 Å². The molecule has 0 saturated heterocycles. The van der Waals surface area contributed by atoms with Crippen LogP contribution in [0.1, 0.15) is 19.3 Å². The van der Waals surface area contributed by atoms with Crippen LogP contribution in [0.2, 0.25) is 0 Å². The first kappa shape index (κ1) is 13.9. The summed E-state index contributed by atoms with van der Waals surface area (Å²) in [7, 11) is 1.61. The van der Waals surface area contributed by atoms with Gasteiger partial charge in [0, 0.05) is 18.3 Å². The molecule has 0 bridgehead atoms. The number of nitrogens with one attached hydrogen (secondary N) is 2. The minimum absolute atomic E-state index is 0.0863. The molecule has 2 rings (SSSR count). The third kappa shape index (κ3) is 2.89. The molecule has 104 valence electrons. The summed E-state index contributed by atoms with van der Waals surface area (Å²) in [6.07, 6.45) is 6.70. The van der Waals surface area contributed by atoms with Gasteiger partial charge in [-0.15, -0.1) is 0 Å². The summed E-state index contributed by atoms with van der Waals surface area (Å²) in [5.74, 6) is 0.538. The molecule has 0 aliphatic heterocycles. The Kier molecular flexibility index (Phi) is 4.41. The SMILES string of the molecule is CNc1ncnc(NC2CCCC2SC)c1[N+](=O)[O-]. The van der Waals surface area contributed by atoms with Crippen molar-refractivity contribution in [2.24, 2.45) is 0 Å². The van der Waals surface area contributed by atoms with Crippen molar-refractivity contribution in [3.05, 3.63) is 16.4 Å². The molecule has 1 heterocycles. The van der Waals surface area contributed by atoms with E-state index in [0.717, 1.165) is 19.3 Å². The first-order chi connectivity index (χ1) is 9.17. The quantitative estimate of drug-likeness (QED) is 0.631. The number of aromatic nitrogens is 2. The molecule has 0 spiro atoms. The molecule has 1 fully saturated rings. The van der Waals surface area contributed by atoms with Gasteiger partial charge in [-0.2, -0.15) is 11.8 Å². The average molecular weight is 283 g/mol. The summed E-state index contributed by atoms with van der Waals surface area (Å²) < 4.78 is 0. The zero-order valence-electron chi connectivity index (χ0n) is 10.9. The Morgan fingerprint density at radius 1 is 1.42 bits per heavy atom. The molecule has 2 atom stereocenters. The normalized spacial score (nSPS) is 22.2. The van der Waals surface area contributed by atoms with E-state index in [4.69, 9.17) is 0 Å². The lowest BCUT2D eigenvalue weighted by atomic mass is 10.2. The van der Waals surface area contributed by atoms with Gasteiger partial charge in [0.2, 0.25) is 11.6 Å². The van der Waals surface area contributed by atoms with E-state index in [1.165, 1.54) is 6.33 Å². The fourth-order valence-electron chi connectivity index (χ4n) is 2.39. The summed E-state index contributed by atoms with van der Waals surface area (Å²) in [5, 5.41) is 17.6. The van der Waals surface area contributed by atoms with E-state index in [1.807, 2.05) is 0 Å². The Bertz CT molecular complexity index is 470. The van der Waals surface area contributed by atoms with Gasteiger partial charge in [-0.05, 0) is 19.1 Å². The van der Waals surface area contributed by atoms with Gasteiger partial charge in [-0.3, -0.25) is 10.1 Å². The Morgan fingerprint density at radius 3 is 2.79 bits per heavy atom. The Balaban J connectivity index is 2.27. The van der Waals surface area contributed by atoms with Crippen LogP contribution in [0.4, 0.5) is 17.3 Å². The number of nitro groups is 1. The third-order valence-electron chi connectivity index (χ3n) is 3.32. The lowest BCUT2D eigenvalue weighted by Gasteiger charge is -2.19. The highest BCUT2D eigenvalue weighted by Gasteiger charge is 2.30. The van der Waals surface area contributed by atoms with Gasteiger partial charge in [0.25, 0.3) is 0 Å². The number of anilines is 2. The molecular formula is C11H17N5O2S. The van der Waals surface area contributed by atoms with Crippen molar-refractivity contribution in [2.75, 3.05) is 23.9 Å². The largest absolute Gasteiger partial charge is 0.367 e. The van der Waals surface area contributed by atoms with Gasteiger partial charge in [0.15, 0.2) is 0 Å². The number of thioether (sulfide) groups is 1. The van der Waals surface area contributed by atoms with Crippen molar-refractivity contribution in [1.82, 2.24) is 9.97 Å². The maximum atomic E-state index is 11.2. The van der Waals surface area contributed by atoms with Crippen molar-refractivity contribution in [1.29, 1.82) is 0 Å². The van der Waals surface area contributed by atoms with E-state index in [2.05, 4.69) is 26.9 Å². The van der Waals surface area contributed by atoms with Gasteiger partial charge in [-0.1, -0.05) is 6.42 Å². The summed E-state index contributed by atoms with van der Waals surface area (Å²) >= 11 is 1.79. The number of hydrogen-bond acceptors (Lipinski definition) is 7. The molecule has 2 unspecified atom stereocenters. The van der Waals surface area contributed by atoms with E-state index >= 15 is 0 Å². The first-order valence-electron chi connectivity index (χ1n) is 6.13. The predicted octanol–water partition coefficient (Wildman–Crippen LogP) is 2.12. The minimum atomic E-state index is -0.447. The van der Waals surface area contributed by atoms with Crippen LogP contribution in [0.25, 0.3) is 0 Å². The number of rotatable bonds is 5. The number of hydrogen-bond donors (Lipinski definition) is 2. The van der Waals surface area contributed by atoms with E-state index in [0.29, 0.717) is 11.1 Å². The molecule has 1 saturated carbocycles. The molecule has 0 amide bonds. The predicted molar refractivity (Wildman–Crippen MR) is 76.8 cm³/mol. The Morgan fingerprint density at radius 2 is 2.16 bits per heavy atom. The smallest absolute Gasteiger partial charge is 0.353 e. The van der Waals surface area contributed by atoms with Crippen LogP contribution in [0.3, 0.4) is 0 Å². The zero-order valence-corrected chi connectivity index (χ0v) is 11.7. The summed E-state index contributed by atoms with van der Waals surface area (Å²) in [6, 6.07) is 0.230. The van der Waals surface area contributed by atoms with Crippen molar-refractivity contribution in [3.8, 4) is 0 Å². The molecule has 7 nitrogen and oxygen atoms in total. The van der Waals surface area contributed by atoms with Crippen LogP contribution in [0.5, 0.6) is 0 Å². The average Bonchev–Trinajstić information content (AvgIpc) is 2.85. The maximum Gasteiger partial charge on any atom is 0.353 e. The van der Waals surface area contributed by atoms with Crippen LogP contribution in [-0.2, 0) is 0 Å². The Labute approximate surface area is 115 Å². The van der Waals surface area contributed by atoms with Gasteiger partial charge in [-0.25, -0.2) is 9.97 Å². The second-order valence-electron chi connectivity index (χ2n) is 4.38. The topological polar surface area (TPSA) is 93.0 Å². The monoisotopic (exact) mass is 283 g/mol. The highest BCUT2D eigenvalue weighted by molar-refractivity contribution is 7.99. The second kappa shape index (κ2) is 6.05. The van der Waals surface area contributed by atoms with Crippen molar-refractivity contribution >= 4 is 29.1 Å². The lowest BCUT2D eigenvalue weighted by Crippen LogP contribution is -2.27. The van der Waals surface area contributed by atoms with E-state index in [-0.39, 0.29) is 17.5 Å². The van der Waals surface area contributed by atoms with Gasteiger partial charge in [0.1, 0.15) is 6.33 Å². The van der Waals surface area contributed by atoms with Crippen LogP contribution >= 0.6 is 11.8 Å². The minimum Gasteiger partial charge on any atom is -0.367 e. The molecule has 8 heteroatoms.